The molecule has 0 unspecified atom stereocenters. The van der Waals surface area contributed by atoms with Crippen molar-refractivity contribution in [3.8, 4) is 17.0 Å². The summed E-state index contributed by atoms with van der Waals surface area (Å²) in [5.41, 5.74) is 6.09. The highest BCUT2D eigenvalue weighted by atomic mass is 16.6. The Labute approximate surface area is 157 Å². The first kappa shape index (κ1) is 18.5. The van der Waals surface area contributed by atoms with E-state index in [1.807, 2.05) is 50.2 Å². The van der Waals surface area contributed by atoms with Gasteiger partial charge in [-0.1, -0.05) is 36.4 Å². The molecule has 6 nitrogen and oxygen atoms in total. The van der Waals surface area contributed by atoms with Gasteiger partial charge in [-0.15, -0.1) is 0 Å². The van der Waals surface area contributed by atoms with E-state index >= 15 is 0 Å². The van der Waals surface area contributed by atoms with Crippen molar-refractivity contribution in [3.63, 3.8) is 0 Å². The van der Waals surface area contributed by atoms with Crippen LogP contribution in [-0.2, 0) is 13.2 Å². The summed E-state index contributed by atoms with van der Waals surface area (Å²) in [7, 11) is 0. The standard InChI is InChI=1S/C21H20N2O4/c1-14-16(12-24)6-3-8-18(14)19-9-4-7-17(15(19)2)13-27-21-11-5-10-20(22-21)23(25)26/h3-11,24H,12-13H2,1-2H3. The summed E-state index contributed by atoms with van der Waals surface area (Å²) in [6.07, 6.45) is 0. The first-order chi connectivity index (χ1) is 13.0. The van der Waals surface area contributed by atoms with E-state index in [9.17, 15) is 15.2 Å². The van der Waals surface area contributed by atoms with Gasteiger partial charge in [0.1, 0.15) is 6.61 Å². The third kappa shape index (κ3) is 3.96. The monoisotopic (exact) mass is 364 g/mol. The lowest BCUT2D eigenvalue weighted by Crippen LogP contribution is -2.02. The minimum absolute atomic E-state index is 0.0000208. The van der Waals surface area contributed by atoms with Crippen molar-refractivity contribution in [2.75, 3.05) is 0 Å². The average Bonchev–Trinajstić information content (AvgIpc) is 2.68. The van der Waals surface area contributed by atoms with Crippen LogP contribution in [-0.4, -0.2) is 15.0 Å². The molecule has 0 fully saturated rings. The highest BCUT2D eigenvalue weighted by molar-refractivity contribution is 5.72. The zero-order chi connectivity index (χ0) is 19.4. The molecule has 0 spiro atoms. The third-order valence-electron chi connectivity index (χ3n) is 4.62. The van der Waals surface area contributed by atoms with E-state index in [1.54, 1.807) is 12.1 Å². The second-order valence-electron chi connectivity index (χ2n) is 6.22. The van der Waals surface area contributed by atoms with Crippen molar-refractivity contribution in [3.05, 3.63) is 87.0 Å². The molecule has 0 saturated heterocycles. The lowest BCUT2D eigenvalue weighted by atomic mass is 9.92. The Bertz CT molecular complexity index is 986. The second kappa shape index (κ2) is 7.97. The maximum atomic E-state index is 10.8. The number of benzene rings is 2. The van der Waals surface area contributed by atoms with E-state index in [0.717, 1.165) is 33.4 Å². The highest BCUT2D eigenvalue weighted by Gasteiger charge is 2.13. The van der Waals surface area contributed by atoms with Gasteiger partial charge in [-0.2, -0.15) is 0 Å². The summed E-state index contributed by atoms with van der Waals surface area (Å²) >= 11 is 0. The van der Waals surface area contributed by atoms with Crippen LogP contribution in [0, 0.1) is 24.0 Å². The number of aromatic nitrogens is 1. The van der Waals surface area contributed by atoms with Gasteiger partial charge in [-0.3, -0.25) is 0 Å². The summed E-state index contributed by atoms with van der Waals surface area (Å²) in [6.45, 7) is 4.27. The van der Waals surface area contributed by atoms with Crippen LogP contribution in [0.15, 0.2) is 54.6 Å². The topological polar surface area (TPSA) is 85.5 Å². The van der Waals surface area contributed by atoms with Crippen LogP contribution < -0.4 is 4.74 Å². The molecule has 27 heavy (non-hydrogen) atoms. The smallest absolute Gasteiger partial charge is 0.367 e. The number of hydrogen-bond acceptors (Lipinski definition) is 5. The van der Waals surface area contributed by atoms with Crippen LogP contribution in [0.5, 0.6) is 5.88 Å². The number of pyridine rings is 1. The molecule has 2 aromatic carbocycles. The van der Waals surface area contributed by atoms with Crippen LogP contribution in [0.3, 0.4) is 0 Å². The molecule has 0 radical (unpaired) electrons. The molecule has 0 aliphatic rings. The van der Waals surface area contributed by atoms with Crippen molar-refractivity contribution in [1.29, 1.82) is 0 Å². The number of nitrogens with zero attached hydrogens (tertiary/aromatic N) is 2. The zero-order valence-corrected chi connectivity index (χ0v) is 15.2. The minimum Gasteiger partial charge on any atom is -0.455 e. The molecular weight excluding hydrogens is 344 g/mol. The van der Waals surface area contributed by atoms with E-state index in [-0.39, 0.29) is 24.9 Å². The van der Waals surface area contributed by atoms with Gasteiger partial charge in [0.25, 0.3) is 0 Å². The molecule has 0 aliphatic heterocycles. The van der Waals surface area contributed by atoms with Gasteiger partial charge in [0.05, 0.1) is 6.61 Å². The van der Waals surface area contributed by atoms with Crippen LogP contribution in [0.25, 0.3) is 11.1 Å². The number of hydrogen-bond donors (Lipinski definition) is 1. The number of nitro groups is 1. The van der Waals surface area contributed by atoms with E-state index in [1.165, 1.54) is 6.07 Å². The summed E-state index contributed by atoms with van der Waals surface area (Å²) in [5, 5.41) is 20.3. The lowest BCUT2D eigenvalue weighted by Gasteiger charge is -2.15. The van der Waals surface area contributed by atoms with Gasteiger partial charge in [0.2, 0.25) is 0 Å². The fraction of sp³-hybridized carbons (Fsp3) is 0.190. The van der Waals surface area contributed by atoms with Crippen molar-refractivity contribution >= 4 is 5.82 Å². The SMILES string of the molecule is Cc1c(CO)cccc1-c1cccc(COc2cccc([N+](=O)[O-])n2)c1C. The fourth-order valence-corrected chi connectivity index (χ4v) is 3.02. The second-order valence-corrected chi connectivity index (χ2v) is 6.22. The lowest BCUT2D eigenvalue weighted by molar-refractivity contribution is -0.389. The molecular formula is C21H20N2O4. The average molecular weight is 364 g/mol. The van der Waals surface area contributed by atoms with Gasteiger partial charge in [0.15, 0.2) is 0 Å². The Morgan fingerprint density at radius 1 is 0.963 bits per heavy atom. The fourth-order valence-electron chi connectivity index (χ4n) is 3.02. The first-order valence-corrected chi connectivity index (χ1v) is 8.53. The normalized spacial score (nSPS) is 10.6. The van der Waals surface area contributed by atoms with Gasteiger partial charge in [0, 0.05) is 17.1 Å². The van der Waals surface area contributed by atoms with Crippen LogP contribution >= 0.6 is 0 Å². The zero-order valence-electron chi connectivity index (χ0n) is 15.2. The molecule has 0 saturated carbocycles. The molecule has 0 bridgehead atoms. The molecule has 1 aromatic heterocycles. The predicted molar refractivity (Wildman–Crippen MR) is 102 cm³/mol. The summed E-state index contributed by atoms with van der Waals surface area (Å²) < 4.78 is 5.67. The summed E-state index contributed by atoms with van der Waals surface area (Å²) in [5.74, 6) is -0.0260. The van der Waals surface area contributed by atoms with E-state index < -0.39 is 4.92 Å². The Kier molecular flexibility index (Phi) is 5.47. The quantitative estimate of drug-likeness (QED) is 0.519. The summed E-state index contributed by atoms with van der Waals surface area (Å²) in [6, 6.07) is 16.3. The van der Waals surface area contributed by atoms with Crippen LogP contribution in [0.1, 0.15) is 22.3 Å². The van der Waals surface area contributed by atoms with E-state index in [2.05, 4.69) is 4.98 Å². The Morgan fingerprint density at radius 2 is 1.56 bits per heavy atom. The number of aliphatic hydroxyl groups excluding tert-OH is 1. The third-order valence-corrected chi connectivity index (χ3v) is 4.62. The number of rotatable bonds is 6. The number of aliphatic hydroxyl groups is 1. The van der Waals surface area contributed by atoms with Crippen molar-refractivity contribution in [2.45, 2.75) is 27.1 Å². The molecule has 3 rings (SSSR count). The molecule has 0 aliphatic carbocycles. The Balaban J connectivity index is 1.88. The van der Waals surface area contributed by atoms with Crippen LogP contribution in [0.2, 0.25) is 0 Å². The molecule has 0 atom stereocenters. The minimum atomic E-state index is -0.546. The van der Waals surface area contributed by atoms with Gasteiger partial charge in [-0.25, -0.2) is 0 Å². The van der Waals surface area contributed by atoms with E-state index in [0.29, 0.717) is 0 Å². The van der Waals surface area contributed by atoms with Crippen molar-refractivity contribution in [1.82, 2.24) is 4.98 Å². The number of ether oxygens (including phenoxy) is 1. The molecule has 1 N–H and O–H groups in total. The van der Waals surface area contributed by atoms with E-state index in [4.69, 9.17) is 4.74 Å². The highest BCUT2D eigenvalue weighted by Crippen LogP contribution is 2.30. The van der Waals surface area contributed by atoms with Crippen LogP contribution in [0.4, 0.5) is 5.82 Å². The molecule has 0 amide bonds. The Morgan fingerprint density at radius 3 is 2.19 bits per heavy atom. The molecule has 1 heterocycles. The molecule has 138 valence electrons. The first-order valence-electron chi connectivity index (χ1n) is 8.53. The van der Waals surface area contributed by atoms with Gasteiger partial charge >= 0.3 is 11.7 Å². The predicted octanol–water partition coefficient (Wildman–Crippen LogP) is 4.34. The maximum absolute atomic E-state index is 10.8. The van der Waals surface area contributed by atoms with Gasteiger partial charge in [-0.05, 0) is 58.2 Å². The molecule has 6 heteroatoms. The Hall–Kier alpha value is -3.25. The van der Waals surface area contributed by atoms with Crippen molar-refractivity contribution in [2.24, 2.45) is 0 Å². The molecule has 3 aromatic rings. The maximum Gasteiger partial charge on any atom is 0.367 e. The van der Waals surface area contributed by atoms with Gasteiger partial charge < -0.3 is 20.0 Å². The summed E-state index contributed by atoms with van der Waals surface area (Å²) in [4.78, 5) is 14.2. The largest absolute Gasteiger partial charge is 0.455 e. The van der Waals surface area contributed by atoms with Crippen molar-refractivity contribution < 1.29 is 14.8 Å².